The number of amides is 1. The Morgan fingerprint density at radius 3 is 1.96 bits per heavy atom. The zero-order chi connectivity index (χ0) is 19.2. The molecule has 4 rings (SSSR count). The average Bonchev–Trinajstić information content (AvgIpc) is 2.77. The molecule has 0 spiro atoms. The summed E-state index contributed by atoms with van der Waals surface area (Å²) in [5.41, 5.74) is 2.59. The molecule has 142 valence electrons. The highest BCUT2D eigenvalue weighted by Gasteiger charge is 2.30. The van der Waals surface area contributed by atoms with Gasteiger partial charge in [-0.3, -0.25) is 9.69 Å². The van der Waals surface area contributed by atoms with Crippen LogP contribution < -0.4 is 5.32 Å². The molecule has 28 heavy (non-hydrogen) atoms. The molecular weight excluding hydrogens is 346 g/mol. The molecule has 0 saturated carbocycles. The number of carbonyl (C=O) groups excluding carboxylic acids is 1. The molecule has 1 amide bonds. The smallest absolute Gasteiger partial charge is 0.228 e. The highest BCUT2D eigenvalue weighted by atomic mass is 16.1. The SMILES string of the molecule is O=C(Nc1ccccn1)C1CCN(C(c2ccccc2)c2ccccc2)CC1. The summed E-state index contributed by atoms with van der Waals surface area (Å²) in [5, 5.41) is 2.95. The third-order valence-electron chi connectivity index (χ3n) is 5.41. The Labute approximate surface area is 166 Å². The Morgan fingerprint density at radius 1 is 0.857 bits per heavy atom. The van der Waals surface area contributed by atoms with Crippen LogP contribution in [0.2, 0.25) is 0 Å². The Bertz CT molecular complexity index is 836. The van der Waals surface area contributed by atoms with Crippen molar-refractivity contribution in [2.75, 3.05) is 18.4 Å². The topological polar surface area (TPSA) is 45.2 Å². The minimum Gasteiger partial charge on any atom is -0.310 e. The summed E-state index contributed by atoms with van der Waals surface area (Å²) in [6.07, 6.45) is 3.41. The van der Waals surface area contributed by atoms with Crippen molar-refractivity contribution in [2.24, 2.45) is 5.92 Å². The van der Waals surface area contributed by atoms with Crippen molar-refractivity contribution in [1.82, 2.24) is 9.88 Å². The molecule has 1 N–H and O–H groups in total. The van der Waals surface area contributed by atoms with Crippen LogP contribution in [0.1, 0.15) is 30.0 Å². The van der Waals surface area contributed by atoms with Crippen molar-refractivity contribution >= 4 is 11.7 Å². The second-order valence-corrected chi connectivity index (χ2v) is 7.24. The summed E-state index contributed by atoms with van der Waals surface area (Å²) in [7, 11) is 0. The Hall–Kier alpha value is -2.98. The van der Waals surface area contributed by atoms with E-state index in [1.165, 1.54) is 11.1 Å². The lowest BCUT2D eigenvalue weighted by atomic mass is 9.91. The summed E-state index contributed by atoms with van der Waals surface area (Å²) in [6, 6.07) is 27.0. The van der Waals surface area contributed by atoms with Gasteiger partial charge in [0.1, 0.15) is 5.82 Å². The van der Waals surface area contributed by atoms with Crippen LogP contribution in [-0.2, 0) is 4.79 Å². The highest BCUT2D eigenvalue weighted by molar-refractivity contribution is 5.91. The number of anilines is 1. The van der Waals surface area contributed by atoms with Gasteiger partial charge in [0.15, 0.2) is 0 Å². The number of nitrogens with zero attached hydrogens (tertiary/aromatic N) is 2. The van der Waals surface area contributed by atoms with Gasteiger partial charge >= 0.3 is 0 Å². The van der Waals surface area contributed by atoms with Gasteiger partial charge in [0.05, 0.1) is 6.04 Å². The first-order valence-corrected chi connectivity index (χ1v) is 9.87. The van der Waals surface area contributed by atoms with Crippen molar-refractivity contribution in [3.8, 4) is 0 Å². The third kappa shape index (κ3) is 4.29. The molecular formula is C24H25N3O. The molecule has 0 radical (unpaired) electrons. The lowest BCUT2D eigenvalue weighted by Gasteiger charge is -2.37. The van der Waals surface area contributed by atoms with Gasteiger partial charge < -0.3 is 5.32 Å². The van der Waals surface area contributed by atoms with Crippen molar-refractivity contribution in [3.63, 3.8) is 0 Å². The van der Waals surface area contributed by atoms with Gasteiger partial charge in [0.25, 0.3) is 0 Å². The fourth-order valence-electron chi connectivity index (χ4n) is 3.97. The zero-order valence-corrected chi connectivity index (χ0v) is 15.9. The van der Waals surface area contributed by atoms with E-state index in [2.05, 4.69) is 75.9 Å². The van der Waals surface area contributed by atoms with Crippen molar-refractivity contribution < 1.29 is 4.79 Å². The first-order chi connectivity index (χ1) is 13.8. The molecule has 1 aromatic heterocycles. The van der Waals surface area contributed by atoms with Crippen LogP contribution in [0, 0.1) is 5.92 Å². The summed E-state index contributed by atoms with van der Waals surface area (Å²) >= 11 is 0. The third-order valence-corrected chi connectivity index (χ3v) is 5.41. The fourth-order valence-corrected chi connectivity index (χ4v) is 3.97. The van der Waals surface area contributed by atoms with Gasteiger partial charge in [-0.25, -0.2) is 4.98 Å². The van der Waals surface area contributed by atoms with Crippen LogP contribution in [0.15, 0.2) is 85.1 Å². The molecule has 2 aromatic carbocycles. The van der Waals surface area contributed by atoms with Gasteiger partial charge in [-0.1, -0.05) is 66.7 Å². The quantitative estimate of drug-likeness (QED) is 0.717. The minimum absolute atomic E-state index is 0.0328. The van der Waals surface area contributed by atoms with Gasteiger partial charge in [-0.2, -0.15) is 0 Å². The van der Waals surface area contributed by atoms with Gasteiger partial charge in [-0.05, 0) is 49.2 Å². The molecule has 3 aromatic rings. The van der Waals surface area contributed by atoms with Crippen LogP contribution in [0.25, 0.3) is 0 Å². The predicted molar refractivity (Wildman–Crippen MR) is 112 cm³/mol. The van der Waals surface area contributed by atoms with Gasteiger partial charge in [0.2, 0.25) is 5.91 Å². The number of hydrogen-bond donors (Lipinski definition) is 1. The average molecular weight is 371 g/mol. The number of likely N-dealkylation sites (tertiary alicyclic amines) is 1. The highest BCUT2D eigenvalue weighted by Crippen LogP contribution is 2.32. The van der Waals surface area contributed by atoms with E-state index >= 15 is 0 Å². The lowest BCUT2D eigenvalue weighted by molar-refractivity contribution is -0.121. The molecule has 1 saturated heterocycles. The van der Waals surface area contributed by atoms with E-state index in [1.807, 2.05) is 18.2 Å². The van der Waals surface area contributed by atoms with E-state index < -0.39 is 0 Å². The van der Waals surface area contributed by atoms with Crippen LogP contribution in [-0.4, -0.2) is 28.9 Å². The number of benzene rings is 2. The fraction of sp³-hybridized carbons (Fsp3) is 0.250. The summed E-state index contributed by atoms with van der Waals surface area (Å²) < 4.78 is 0. The normalized spacial score (nSPS) is 15.5. The molecule has 1 fully saturated rings. The maximum atomic E-state index is 12.6. The Balaban J connectivity index is 1.45. The standard InChI is InChI=1S/C24H25N3O/c28-24(26-22-13-7-8-16-25-22)21-14-17-27(18-15-21)23(19-9-3-1-4-10-19)20-11-5-2-6-12-20/h1-13,16,21,23H,14-15,17-18H2,(H,25,26,28). The molecule has 4 nitrogen and oxygen atoms in total. The molecule has 0 atom stereocenters. The number of hydrogen-bond acceptors (Lipinski definition) is 3. The molecule has 1 aliphatic rings. The van der Waals surface area contributed by atoms with Gasteiger partial charge in [-0.15, -0.1) is 0 Å². The van der Waals surface area contributed by atoms with Crippen LogP contribution in [0.4, 0.5) is 5.82 Å². The zero-order valence-electron chi connectivity index (χ0n) is 15.9. The van der Waals surface area contributed by atoms with E-state index in [1.54, 1.807) is 6.20 Å². The van der Waals surface area contributed by atoms with E-state index in [4.69, 9.17) is 0 Å². The number of rotatable bonds is 5. The van der Waals surface area contributed by atoms with Crippen molar-refractivity contribution in [1.29, 1.82) is 0 Å². The lowest BCUT2D eigenvalue weighted by Crippen LogP contribution is -2.40. The second kappa shape index (κ2) is 8.81. The van der Waals surface area contributed by atoms with Crippen molar-refractivity contribution in [2.45, 2.75) is 18.9 Å². The Kier molecular flexibility index (Phi) is 5.78. The number of aromatic nitrogens is 1. The molecule has 0 aliphatic carbocycles. The van der Waals surface area contributed by atoms with E-state index in [9.17, 15) is 4.79 Å². The molecule has 4 heteroatoms. The monoisotopic (exact) mass is 371 g/mol. The van der Waals surface area contributed by atoms with E-state index in [0.717, 1.165) is 25.9 Å². The minimum atomic E-state index is 0.0328. The van der Waals surface area contributed by atoms with Crippen LogP contribution in [0.5, 0.6) is 0 Å². The van der Waals surface area contributed by atoms with Crippen LogP contribution in [0.3, 0.4) is 0 Å². The number of carbonyl (C=O) groups is 1. The molecule has 1 aliphatic heterocycles. The number of piperidine rings is 1. The number of pyridine rings is 1. The van der Waals surface area contributed by atoms with E-state index in [-0.39, 0.29) is 17.9 Å². The van der Waals surface area contributed by atoms with E-state index in [0.29, 0.717) is 5.82 Å². The first-order valence-electron chi connectivity index (χ1n) is 9.87. The maximum absolute atomic E-state index is 12.6. The molecule has 2 heterocycles. The summed E-state index contributed by atoms with van der Waals surface area (Å²) in [5.74, 6) is 0.737. The largest absolute Gasteiger partial charge is 0.310 e. The summed E-state index contributed by atoms with van der Waals surface area (Å²) in [4.78, 5) is 19.3. The second-order valence-electron chi connectivity index (χ2n) is 7.24. The van der Waals surface area contributed by atoms with Gasteiger partial charge in [0, 0.05) is 12.1 Å². The first kappa shape index (κ1) is 18.4. The predicted octanol–water partition coefficient (Wildman–Crippen LogP) is 4.52. The maximum Gasteiger partial charge on any atom is 0.228 e. The van der Waals surface area contributed by atoms with Crippen molar-refractivity contribution in [3.05, 3.63) is 96.2 Å². The molecule has 0 unspecified atom stereocenters. The number of nitrogens with one attached hydrogen (secondary N) is 1. The summed E-state index contributed by atoms with van der Waals surface area (Å²) in [6.45, 7) is 1.80. The molecule has 0 bridgehead atoms. The van der Waals surface area contributed by atoms with Crippen LogP contribution >= 0.6 is 0 Å². The Morgan fingerprint density at radius 2 is 1.43 bits per heavy atom.